The smallest absolute Gasteiger partial charge is 0.338 e. The van der Waals surface area contributed by atoms with Crippen molar-refractivity contribution in [3.05, 3.63) is 76.9 Å². The molecule has 9 nitrogen and oxygen atoms in total. The summed E-state index contributed by atoms with van der Waals surface area (Å²) in [5.74, 6) is 1.53. The lowest BCUT2D eigenvalue weighted by Crippen LogP contribution is -2.40. The van der Waals surface area contributed by atoms with E-state index in [-0.39, 0.29) is 17.7 Å². The topological polar surface area (TPSA) is 97.6 Å². The monoisotopic (exact) mass is 602 g/mol. The van der Waals surface area contributed by atoms with Gasteiger partial charge in [-0.3, -0.25) is 9.36 Å². The van der Waals surface area contributed by atoms with Crippen molar-refractivity contribution in [1.29, 1.82) is 0 Å². The van der Waals surface area contributed by atoms with Crippen LogP contribution in [0.5, 0.6) is 23.0 Å². The maximum Gasteiger partial charge on any atom is 0.338 e. The molecule has 38 heavy (non-hydrogen) atoms. The number of halogens is 1. The number of aromatic nitrogens is 1. The van der Waals surface area contributed by atoms with Crippen LogP contribution in [-0.4, -0.2) is 45.6 Å². The van der Waals surface area contributed by atoms with E-state index in [1.165, 1.54) is 23.0 Å². The molecular formula is C27H27BrN2O7S. The molecule has 2 aromatic carbocycles. The largest absolute Gasteiger partial charge is 0.493 e. The highest BCUT2D eigenvalue weighted by atomic mass is 79.9. The minimum atomic E-state index is -0.774. The number of hydrogen-bond donors (Lipinski definition) is 0. The number of rotatable bonds is 8. The van der Waals surface area contributed by atoms with Crippen molar-refractivity contribution in [2.45, 2.75) is 19.9 Å². The minimum Gasteiger partial charge on any atom is -0.493 e. The predicted octanol–water partition coefficient (Wildman–Crippen LogP) is 3.60. The van der Waals surface area contributed by atoms with E-state index in [1.54, 1.807) is 65.5 Å². The van der Waals surface area contributed by atoms with Crippen LogP contribution >= 0.6 is 27.3 Å². The molecule has 0 N–H and O–H groups in total. The zero-order chi connectivity index (χ0) is 27.6. The van der Waals surface area contributed by atoms with Gasteiger partial charge in [0.05, 0.1) is 61.4 Å². The van der Waals surface area contributed by atoms with E-state index < -0.39 is 12.0 Å². The maximum absolute atomic E-state index is 13.9. The van der Waals surface area contributed by atoms with Crippen molar-refractivity contribution in [2.75, 3.05) is 35.0 Å². The van der Waals surface area contributed by atoms with Crippen molar-refractivity contribution in [3.8, 4) is 23.0 Å². The summed E-state index contributed by atoms with van der Waals surface area (Å²) in [6.45, 7) is 3.66. The molecule has 1 aliphatic heterocycles. The molecule has 3 aromatic rings. The third-order valence-electron chi connectivity index (χ3n) is 5.99. The molecule has 1 aromatic heterocycles. The summed E-state index contributed by atoms with van der Waals surface area (Å²) in [5.41, 5.74) is 1.84. The molecule has 0 saturated heterocycles. The summed E-state index contributed by atoms with van der Waals surface area (Å²) in [4.78, 5) is 32.0. The molecular weight excluding hydrogens is 576 g/mol. The fourth-order valence-corrected chi connectivity index (χ4v) is 5.97. The Morgan fingerprint density at radius 3 is 2.39 bits per heavy atom. The van der Waals surface area contributed by atoms with Gasteiger partial charge >= 0.3 is 5.97 Å². The molecule has 0 spiro atoms. The Labute approximate surface area is 231 Å². The SMILES string of the molecule is CCOC(=O)C1=C(C)N=c2sc(=Cc3cc(Br)c(OC)c(OC)c3)c(=O)n2C1c1ccc(OC)c(OC)c1. The second-order valence-electron chi connectivity index (χ2n) is 8.15. The van der Waals surface area contributed by atoms with E-state index in [1.807, 2.05) is 6.07 Å². The van der Waals surface area contributed by atoms with E-state index in [2.05, 4.69) is 20.9 Å². The Kier molecular flexibility index (Phi) is 8.27. The number of allylic oxidation sites excluding steroid dienone is 1. The van der Waals surface area contributed by atoms with Crippen molar-refractivity contribution < 1.29 is 28.5 Å². The van der Waals surface area contributed by atoms with Gasteiger partial charge in [0.15, 0.2) is 27.8 Å². The van der Waals surface area contributed by atoms with Gasteiger partial charge in [-0.25, -0.2) is 9.79 Å². The zero-order valence-electron chi connectivity index (χ0n) is 21.8. The Hall–Kier alpha value is -3.57. The van der Waals surface area contributed by atoms with Gasteiger partial charge < -0.3 is 23.7 Å². The van der Waals surface area contributed by atoms with Crippen molar-refractivity contribution in [3.63, 3.8) is 0 Å². The fraction of sp³-hybridized carbons (Fsp3) is 0.296. The number of fused-ring (bicyclic) bond motifs is 1. The Balaban J connectivity index is 1.96. The van der Waals surface area contributed by atoms with Gasteiger partial charge in [-0.1, -0.05) is 17.4 Å². The van der Waals surface area contributed by atoms with Gasteiger partial charge in [-0.2, -0.15) is 0 Å². The van der Waals surface area contributed by atoms with Crippen LogP contribution in [0.25, 0.3) is 6.08 Å². The van der Waals surface area contributed by atoms with Gasteiger partial charge in [0.1, 0.15) is 0 Å². The first kappa shape index (κ1) is 27.5. The van der Waals surface area contributed by atoms with Crippen LogP contribution in [0.15, 0.2) is 55.9 Å². The van der Waals surface area contributed by atoms with E-state index in [9.17, 15) is 9.59 Å². The van der Waals surface area contributed by atoms with Crippen molar-refractivity contribution in [2.24, 2.45) is 4.99 Å². The summed E-state index contributed by atoms with van der Waals surface area (Å²) in [6, 6.07) is 8.13. The van der Waals surface area contributed by atoms with Crippen LogP contribution in [-0.2, 0) is 9.53 Å². The molecule has 1 unspecified atom stereocenters. The molecule has 2 heterocycles. The average Bonchev–Trinajstić information content (AvgIpc) is 3.21. The van der Waals surface area contributed by atoms with Gasteiger partial charge in [0.25, 0.3) is 5.56 Å². The molecule has 0 aliphatic carbocycles. The summed E-state index contributed by atoms with van der Waals surface area (Å²) < 4.78 is 29.7. The van der Waals surface area contributed by atoms with Crippen LogP contribution in [0.2, 0.25) is 0 Å². The van der Waals surface area contributed by atoms with E-state index in [0.29, 0.717) is 48.1 Å². The molecule has 0 radical (unpaired) electrons. The molecule has 11 heteroatoms. The number of thiazole rings is 1. The number of nitrogens with zero attached hydrogens (tertiary/aromatic N) is 2. The number of esters is 1. The standard InChI is InChI=1S/C27H27BrN2O7S/c1-7-37-26(32)22-14(2)29-27-30(23(22)16-8-9-18(33-3)19(13-16)34-4)25(31)21(38-27)12-15-10-17(28)24(36-6)20(11-15)35-5/h8-13,23H,7H2,1-6H3. The van der Waals surface area contributed by atoms with Crippen molar-refractivity contribution >= 4 is 39.3 Å². The molecule has 0 amide bonds. The Morgan fingerprint density at radius 2 is 1.76 bits per heavy atom. The number of carbonyl (C=O) groups excluding carboxylic acids is 1. The van der Waals surface area contributed by atoms with Crippen LogP contribution in [0.4, 0.5) is 0 Å². The summed E-state index contributed by atoms with van der Waals surface area (Å²) in [5, 5.41) is 0. The summed E-state index contributed by atoms with van der Waals surface area (Å²) >= 11 is 4.73. The molecule has 0 fully saturated rings. The Morgan fingerprint density at radius 1 is 1.05 bits per heavy atom. The first-order chi connectivity index (χ1) is 18.3. The van der Waals surface area contributed by atoms with Crippen LogP contribution < -0.4 is 33.8 Å². The Bertz CT molecular complexity index is 1610. The zero-order valence-corrected chi connectivity index (χ0v) is 24.2. The highest BCUT2D eigenvalue weighted by Crippen LogP contribution is 2.37. The molecule has 4 rings (SSSR count). The lowest BCUT2D eigenvalue weighted by atomic mass is 9.95. The summed E-state index contributed by atoms with van der Waals surface area (Å²) in [7, 11) is 6.17. The third kappa shape index (κ3) is 4.95. The van der Waals surface area contributed by atoms with Gasteiger partial charge in [-0.15, -0.1) is 0 Å². The number of benzene rings is 2. The van der Waals surface area contributed by atoms with Crippen LogP contribution in [0.1, 0.15) is 31.0 Å². The highest BCUT2D eigenvalue weighted by molar-refractivity contribution is 9.10. The van der Waals surface area contributed by atoms with Gasteiger partial charge in [0.2, 0.25) is 0 Å². The van der Waals surface area contributed by atoms with Gasteiger partial charge in [0, 0.05) is 0 Å². The molecule has 1 aliphatic rings. The van der Waals surface area contributed by atoms with E-state index >= 15 is 0 Å². The molecule has 200 valence electrons. The lowest BCUT2D eigenvalue weighted by molar-refractivity contribution is -0.139. The van der Waals surface area contributed by atoms with Gasteiger partial charge in [-0.05, 0) is 71.2 Å². The first-order valence-electron chi connectivity index (χ1n) is 11.6. The molecule has 0 bridgehead atoms. The second-order valence-corrected chi connectivity index (χ2v) is 10.0. The van der Waals surface area contributed by atoms with E-state index in [0.717, 1.165) is 5.56 Å². The lowest BCUT2D eigenvalue weighted by Gasteiger charge is -2.25. The maximum atomic E-state index is 13.9. The minimum absolute atomic E-state index is 0.187. The van der Waals surface area contributed by atoms with E-state index in [4.69, 9.17) is 23.7 Å². The fourth-order valence-electron chi connectivity index (χ4n) is 4.30. The average molecular weight is 603 g/mol. The molecule has 0 saturated carbocycles. The number of carbonyl (C=O) groups is 1. The normalized spacial score (nSPS) is 15.0. The number of ether oxygens (including phenoxy) is 5. The number of methoxy groups -OCH3 is 4. The highest BCUT2D eigenvalue weighted by Gasteiger charge is 2.34. The third-order valence-corrected chi connectivity index (χ3v) is 7.57. The number of hydrogen-bond acceptors (Lipinski definition) is 9. The first-order valence-corrected chi connectivity index (χ1v) is 13.2. The van der Waals surface area contributed by atoms with Crippen LogP contribution in [0.3, 0.4) is 0 Å². The quantitative estimate of drug-likeness (QED) is 0.363. The van der Waals surface area contributed by atoms with Crippen LogP contribution in [0, 0.1) is 0 Å². The predicted molar refractivity (Wildman–Crippen MR) is 147 cm³/mol. The summed E-state index contributed by atoms with van der Waals surface area (Å²) in [6.07, 6.45) is 1.76. The van der Waals surface area contributed by atoms with Crippen molar-refractivity contribution in [1.82, 2.24) is 4.57 Å². The molecule has 1 atom stereocenters. The second kappa shape index (κ2) is 11.4.